The third-order valence-corrected chi connectivity index (χ3v) is 8.32. The van der Waals surface area contributed by atoms with E-state index in [-0.39, 0.29) is 28.8 Å². The van der Waals surface area contributed by atoms with E-state index in [4.69, 9.17) is 41.0 Å². The second-order valence-corrected chi connectivity index (χ2v) is 11.4. The number of nitrogens with zero attached hydrogens (tertiary/aromatic N) is 4. The highest BCUT2D eigenvalue weighted by atomic mass is 35.5. The van der Waals surface area contributed by atoms with Gasteiger partial charge in [0.15, 0.2) is 11.5 Å². The van der Waals surface area contributed by atoms with Gasteiger partial charge in [0, 0.05) is 32.7 Å². The van der Waals surface area contributed by atoms with Gasteiger partial charge in [-0.2, -0.15) is 0 Å². The zero-order valence-electron chi connectivity index (χ0n) is 26.3. The molecule has 1 amide bonds. The summed E-state index contributed by atoms with van der Waals surface area (Å²) in [6.45, 7) is 1.76. The Kier molecular flexibility index (Phi) is 9.90. The van der Waals surface area contributed by atoms with Crippen LogP contribution < -0.4 is 25.5 Å². The van der Waals surface area contributed by atoms with E-state index in [1.807, 2.05) is 6.07 Å². The average molecular weight is 678 g/mol. The molecule has 0 saturated heterocycles. The Morgan fingerprint density at radius 2 is 1.71 bits per heavy atom. The molecule has 0 saturated carbocycles. The summed E-state index contributed by atoms with van der Waals surface area (Å²) in [6, 6.07) is 14.6. The number of para-hydroxylation sites is 1. The van der Waals surface area contributed by atoms with Gasteiger partial charge in [0.1, 0.15) is 42.4 Å². The number of primary amides is 1. The molecule has 48 heavy (non-hydrogen) atoms. The maximum atomic E-state index is 14.9. The van der Waals surface area contributed by atoms with Gasteiger partial charge in [-0.15, -0.1) is 0 Å². The first-order valence-electron chi connectivity index (χ1n) is 15.2. The standard InChI is InChI=1S/C34H33ClFN5O7/c1-44-12-14-46-28-17-22-25(18-29(28)47-15-13-45-2)38-19-39-33(22)48-27-10-9-20(16-23(27)35)21-6-5-11-40-31(21)30(32(37)42)34(43)41(40)26-8-4-3-7-24(26)36/h3-4,7-10,16-19,21H,5-6,11-15H2,1-2H3,(H2,37,42). The van der Waals surface area contributed by atoms with Crippen molar-refractivity contribution in [3.63, 3.8) is 0 Å². The van der Waals surface area contributed by atoms with Crippen molar-refractivity contribution in [3.8, 4) is 28.8 Å². The van der Waals surface area contributed by atoms with Gasteiger partial charge in [0.2, 0.25) is 5.88 Å². The number of amides is 1. The van der Waals surface area contributed by atoms with Gasteiger partial charge in [-0.25, -0.2) is 19.0 Å². The molecule has 6 rings (SSSR count). The number of hydrogen-bond donors (Lipinski definition) is 1. The lowest BCUT2D eigenvalue weighted by molar-refractivity contribution is 0.0997. The van der Waals surface area contributed by atoms with Crippen molar-refractivity contribution in [2.24, 2.45) is 5.73 Å². The van der Waals surface area contributed by atoms with Crippen LogP contribution in [0.15, 0.2) is 65.7 Å². The number of methoxy groups -OCH3 is 2. The molecule has 2 N–H and O–H groups in total. The van der Waals surface area contributed by atoms with E-state index in [0.717, 1.165) is 5.56 Å². The maximum Gasteiger partial charge on any atom is 0.284 e. The van der Waals surface area contributed by atoms with Crippen LogP contribution in [0.25, 0.3) is 16.6 Å². The topological polar surface area (TPSA) is 142 Å². The van der Waals surface area contributed by atoms with Crippen LogP contribution in [-0.2, 0) is 16.0 Å². The summed E-state index contributed by atoms with van der Waals surface area (Å²) in [6.07, 6.45) is 2.64. The summed E-state index contributed by atoms with van der Waals surface area (Å²) in [4.78, 5) is 34.9. The highest BCUT2D eigenvalue weighted by molar-refractivity contribution is 6.32. The third kappa shape index (κ3) is 6.44. The molecular weight excluding hydrogens is 645 g/mol. The van der Waals surface area contributed by atoms with Gasteiger partial charge in [-0.3, -0.25) is 14.3 Å². The Morgan fingerprint density at radius 1 is 0.979 bits per heavy atom. The van der Waals surface area contributed by atoms with Crippen LogP contribution in [0.1, 0.15) is 40.4 Å². The maximum absolute atomic E-state index is 14.9. The molecule has 3 aromatic carbocycles. The molecule has 1 aliphatic rings. The number of carbonyl (C=O) groups is 1. The zero-order chi connectivity index (χ0) is 33.8. The van der Waals surface area contributed by atoms with Gasteiger partial charge in [-0.05, 0) is 48.7 Å². The number of fused-ring (bicyclic) bond motifs is 2. The Hall–Kier alpha value is -4.98. The second-order valence-electron chi connectivity index (χ2n) is 11.0. The predicted octanol–water partition coefficient (Wildman–Crippen LogP) is 5.24. The highest BCUT2D eigenvalue weighted by Crippen LogP contribution is 2.41. The van der Waals surface area contributed by atoms with Gasteiger partial charge in [0.05, 0.1) is 34.8 Å². The summed E-state index contributed by atoms with van der Waals surface area (Å²) < 4.78 is 45.9. The third-order valence-electron chi connectivity index (χ3n) is 8.02. The lowest BCUT2D eigenvalue weighted by Gasteiger charge is -2.27. The fraction of sp³-hybridized carbons (Fsp3) is 0.294. The van der Waals surface area contributed by atoms with E-state index in [2.05, 4.69) is 9.97 Å². The van der Waals surface area contributed by atoms with Crippen molar-refractivity contribution in [1.29, 1.82) is 0 Å². The molecule has 1 unspecified atom stereocenters. The number of nitrogens with two attached hydrogens (primary N) is 1. The molecule has 0 bridgehead atoms. The number of aromatic nitrogens is 4. The van der Waals surface area contributed by atoms with Crippen LogP contribution in [-0.4, -0.2) is 65.9 Å². The van der Waals surface area contributed by atoms with E-state index in [1.165, 1.54) is 29.2 Å². The number of rotatable bonds is 13. The van der Waals surface area contributed by atoms with E-state index < -0.39 is 23.2 Å². The lowest BCUT2D eigenvalue weighted by atomic mass is 9.87. The molecule has 0 aliphatic carbocycles. The van der Waals surface area contributed by atoms with Crippen LogP contribution in [0, 0.1) is 5.82 Å². The summed E-state index contributed by atoms with van der Waals surface area (Å²) in [7, 11) is 3.17. The molecule has 2 aromatic heterocycles. The largest absolute Gasteiger partial charge is 0.487 e. The van der Waals surface area contributed by atoms with Crippen LogP contribution in [0.5, 0.6) is 23.1 Å². The minimum Gasteiger partial charge on any atom is -0.487 e. The molecule has 250 valence electrons. The van der Waals surface area contributed by atoms with Gasteiger partial charge < -0.3 is 29.4 Å². The van der Waals surface area contributed by atoms with Crippen molar-refractivity contribution >= 4 is 28.4 Å². The summed E-state index contributed by atoms with van der Waals surface area (Å²) in [5.74, 6) is -0.417. The van der Waals surface area contributed by atoms with Crippen molar-refractivity contribution < 1.29 is 32.9 Å². The fourth-order valence-corrected chi connectivity index (χ4v) is 6.10. The minimum atomic E-state index is -0.884. The molecule has 1 aliphatic heterocycles. The molecule has 3 heterocycles. The Balaban J connectivity index is 1.35. The van der Waals surface area contributed by atoms with E-state index >= 15 is 0 Å². The van der Waals surface area contributed by atoms with Gasteiger partial charge in [0.25, 0.3) is 11.5 Å². The average Bonchev–Trinajstić information content (AvgIpc) is 3.38. The Labute approximate surface area is 279 Å². The van der Waals surface area contributed by atoms with Crippen LogP contribution in [0.3, 0.4) is 0 Å². The number of ether oxygens (including phenoxy) is 5. The van der Waals surface area contributed by atoms with Crippen molar-refractivity contribution in [2.45, 2.75) is 25.3 Å². The first-order chi connectivity index (χ1) is 23.3. The smallest absolute Gasteiger partial charge is 0.284 e. The lowest BCUT2D eigenvalue weighted by Crippen LogP contribution is -2.26. The van der Waals surface area contributed by atoms with Crippen molar-refractivity contribution in [2.75, 3.05) is 40.6 Å². The zero-order valence-corrected chi connectivity index (χ0v) is 27.0. The summed E-state index contributed by atoms with van der Waals surface area (Å²) >= 11 is 6.79. The second kappa shape index (κ2) is 14.4. The number of halogens is 2. The van der Waals surface area contributed by atoms with Gasteiger partial charge >= 0.3 is 0 Å². The molecular formula is C34H33ClFN5O7. The number of benzene rings is 3. The molecule has 0 radical (unpaired) electrons. The normalized spacial score (nSPS) is 14.1. The minimum absolute atomic E-state index is 0.0386. The van der Waals surface area contributed by atoms with Crippen LogP contribution in [0.4, 0.5) is 4.39 Å². The fourth-order valence-electron chi connectivity index (χ4n) is 5.88. The predicted molar refractivity (Wildman–Crippen MR) is 175 cm³/mol. The SMILES string of the molecule is COCCOc1cc2ncnc(Oc3ccc(C4CCCn5c4c(C(N)=O)c(=O)n5-c4ccccc4F)cc3Cl)c2cc1OCCOC. The molecule has 0 fully saturated rings. The molecule has 14 heteroatoms. The molecule has 12 nitrogen and oxygen atoms in total. The summed E-state index contributed by atoms with van der Waals surface area (Å²) in [5, 5.41) is 0.824. The quantitative estimate of drug-likeness (QED) is 0.166. The van der Waals surface area contributed by atoms with Crippen molar-refractivity contribution in [3.05, 3.63) is 98.9 Å². The molecule has 0 spiro atoms. The Bertz CT molecular complexity index is 2030. The highest BCUT2D eigenvalue weighted by Gasteiger charge is 2.34. The Morgan fingerprint density at radius 3 is 2.40 bits per heavy atom. The molecule has 1 atom stereocenters. The first-order valence-corrected chi connectivity index (χ1v) is 15.6. The monoisotopic (exact) mass is 677 g/mol. The number of carbonyl (C=O) groups excluding carboxylic acids is 1. The van der Waals surface area contributed by atoms with Crippen molar-refractivity contribution in [1.82, 2.24) is 19.3 Å². The van der Waals surface area contributed by atoms with Crippen LogP contribution >= 0.6 is 11.6 Å². The van der Waals surface area contributed by atoms with Crippen LogP contribution in [0.2, 0.25) is 5.02 Å². The molecule has 5 aromatic rings. The van der Waals surface area contributed by atoms with E-state index in [9.17, 15) is 14.0 Å². The number of hydrogen-bond acceptors (Lipinski definition) is 9. The first kappa shape index (κ1) is 32.9. The summed E-state index contributed by atoms with van der Waals surface area (Å²) in [5.41, 5.74) is 6.62. The van der Waals surface area contributed by atoms with E-state index in [0.29, 0.717) is 73.1 Å². The van der Waals surface area contributed by atoms with E-state index in [1.54, 1.807) is 49.2 Å². The van der Waals surface area contributed by atoms with Gasteiger partial charge in [-0.1, -0.05) is 29.8 Å².